The molecule has 3 heterocycles. The molecular weight excluding hydrogens is 290 g/mol. The van der Waals surface area contributed by atoms with Gasteiger partial charge in [-0.25, -0.2) is 9.97 Å². The Hall–Kier alpha value is -1.53. The van der Waals surface area contributed by atoms with Crippen LogP contribution in [-0.4, -0.2) is 14.5 Å². The summed E-state index contributed by atoms with van der Waals surface area (Å²) in [6, 6.07) is 1.83. The molecule has 20 heavy (non-hydrogen) atoms. The Morgan fingerprint density at radius 2 is 2.10 bits per heavy atom. The molecule has 0 spiro atoms. The van der Waals surface area contributed by atoms with Gasteiger partial charge in [0.2, 0.25) is 0 Å². The van der Waals surface area contributed by atoms with Crippen LogP contribution in [-0.2, 0) is 12.0 Å². The lowest BCUT2D eigenvalue weighted by Gasteiger charge is -2.13. The quantitative estimate of drug-likeness (QED) is 0.730. The largest absolute Gasteiger partial charge is 0.293 e. The Kier molecular flexibility index (Phi) is 3.22. The van der Waals surface area contributed by atoms with Gasteiger partial charge in [-0.15, -0.1) is 22.7 Å². The molecule has 0 aliphatic heterocycles. The molecule has 0 atom stereocenters. The molecule has 0 saturated heterocycles. The van der Waals surface area contributed by atoms with Crippen molar-refractivity contribution in [1.82, 2.24) is 14.5 Å². The normalized spacial score (nSPS) is 12.2. The zero-order chi connectivity index (χ0) is 14.3. The van der Waals surface area contributed by atoms with E-state index in [2.05, 4.69) is 30.7 Å². The van der Waals surface area contributed by atoms with E-state index in [4.69, 9.17) is 0 Å². The smallest absolute Gasteiger partial charge is 0.262 e. The molecule has 0 bridgehead atoms. The second kappa shape index (κ2) is 4.79. The van der Waals surface area contributed by atoms with Crippen molar-refractivity contribution in [3.8, 4) is 0 Å². The molecule has 0 radical (unpaired) electrons. The lowest BCUT2D eigenvalue weighted by Crippen LogP contribution is -2.20. The third-order valence-electron chi connectivity index (χ3n) is 2.98. The number of hydrogen-bond acceptors (Lipinski definition) is 5. The van der Waals surface area contributed by atoms with Gasteiger partial charge >= 0.3 is 0 Å². The van der Waals surface area contributed by atoms with Crippen LogP contribution in [0.4, 0.5) is 0 Å². The van der Waals surface area contributed by atoms with Crippen molar-refractivity contribution in [2.45, 2.75) is 32.7 Å². The molecule has 0 unspecified atom stereocenters. The number of thiazole rings is 1. The van der Waals surface area contributed by atoms with E-state index in [1.807, 2.05) is 16.8 Å². The number of nitrogens with zero attached hydrogens (tertiary/aromatic N) is 3. The first kappa shape index (κ1) is 13.5. The number of aromatic nitrogens is 3. The second-order valence-corrected chi connectivity index (χ2v) is 7.46. The zero-order valence-corrected chi connectivity index (χ0v) is 13.2. The van der Waals surface area contributed by atoms with E-state index in [-0.39, 0.29) is 11.0 Å². The first-order valence-electron chi connectivity index (χ1n) is 6.33. The molecule has 0 aliphatic carbocycles. The highest BCUT2D eigenvalue weighted by atomic mass is 32.1. The van der Waals surface area contributed by atoms with Crippen LogP contribution in [0.3, 0.4) is 0 Å². The number of thiophene rings is 1. The molecule has 4 nitrogen and oxygen atoms in total. The Morgan fingerprint density at radius 1 is 1.30 bits per heavy atom. The van der Waals surface area contributed by atoms with E-state index < -0.39 is 0 Å². The molecule has 3 aromatic heterocycles. The summed E-state index contributed by atoms with van der Waals surface area (Å²) in [6.45, 7) is 6.90. The number of rotatable bonds is 2. The van der Waals surface area contributed by atoms with Crippen molar-refractivity contribution >= 4 is 32.9 Å². The van der Waals surface area contributed by atoms with E-state index in [1.54, 1.807) is 22.2 Å². The highest BCUT2D eigenvalue weighted by Crippen LogP contribution is 2.25. The highest BCUT2D eigenvalue weighted by Gasteiger charge is 2.18. The molecule has 0 amide bonds. The Bertz CT molecular complexity index is 808. The van der Waals surface area contributed by atoms with Crippen LogP contribution in [0.15, 0.2) is 27.9 Å². The van der Waals surface area contributed by atoms with Gasteiger partial charge in [-0.1, -0.05) is 20.8 Å². The molecule has 0 aliphatic rings. The van der Waals surface area contributed by atoms with Crippen LogP contribution in [0.2, 0.25) is 0 Å². The van der Waals surface area contributed by atoms with Crippen molar-refractivity contribution in [3.63, 3.8) is 0 Å². The van der Waals surface area contributed by atoms with E-state index >= 15 is 0 Å². The highest BCUT2D eigenvalue weighted by molar-refractivity contribution is 7.16. The summed E-state index contributed by atoms with van der Waals surface area (Å²) in [6.07, 6.45) is 1.61. The van der Waals surface area contributed by atoms with E-state index in [0.717, 1.165) is 15.5 Å². The Labute approximate surface area is 124 Å². The third kappa shape index (κ3) is 2.41. The maximum Gasteiger partial charge on any atom is 0.262 e. The molecule has 0 aromatic carbocycles. The summed E-state index contributed by atoms with van der Waals surface area (Å²) in [7, 11) is 0. The number of hydrogen-bond donors (Lipinski definition) is 0. The summed E-state index contributed by atoms with van der Waals surface area (Å²) in [5.41, 5.74) is 0.962. The van der Waals surface area contributed by atoms with E-state index in [9.17, 15) is 4.79 Å². The molecule has 3 rings (SSSR count). The first-order valence-corrected chi connectivity index (χ1v) is 8.08. The van der Waals surface area contributed by atoms with E-state index in [1.165, 1.54) is 11.3 Å². The standard InChI is InChI=1S/C14H15N3OS2/c1-14(2,3)13-16-9(7-20-13)6-17-8-15-11-10(12(17)18)4-5-19-11/h4-5,7-8H,6H2,1-3H3. The molecule has 0 saturated carbocycles. The van der Waals surface area contributed by atoms with Crippen molar-refractivity contribution in [3.05, 3.63) is 44.2 Å². The lowest BCUT2D eigenvalue weighted by atomic mass is 9.98. The summed E-state index contributed by atoms with van der Waals surface area (Å²) < 4.78 is 1.62. The summed E-state index contributed by atoms with van der Waals surface area (Å²) in [5.74, 6) is 0. The van der Waals surface area contributed by atoms with Gasteiger partial charge in [0.25, 0.3) is 5.56 Å². The van der Waals surface area contributed by atoms with Crippen molar-refractivity contribution in [2.75, 3.05) is 0 Å². The fraction of sp³-hybridized carbons (Fsp3) is 0.357. The predicted octanol–water partition coefficient (Wildman–Crippen LogP) is 3.26. The molecule has 104 valence electrons. The van der Waals surface area contributed by atoms with Gasteiger partial charge in [0.15, 0.2) is 0 Å². The van der Waals surface area contributed by atoms with Crippen LogP contribution >= 0.6 is 22.7 Å². The fourth-order valence-corrected chi connectivity index (χ4v) is 3.53. The van der Waals surface area contributed by atoms with Crippen molar-refractivity contribution in [2.24, 2.45) is 0 Å². The molecular formula is C14H15N3OS2. The van der Waals surface area contributed by atoms with Gasteiger partial charge in [0.05, 0.1) is 29.0 Å². The van der Waals surface area contributed by atoms with Gasteiger partial charge in [-0.3, -0.25) is 9.36 Å². The monoisotopic (exact) mass is 305 g/mol. The molecule has 3 aromatic rings. The fourth-order valence-electron chi connectivity index (χ4n) is 1.90. The number of fused-ring (bicyclic) bond motifs is 1. The van der Waals surface area contributed by atoms with Crippen LogP contribution < -0.4 is 5.56 Å². The Balaban J connectivity index is 1.95. The van der Waals surface area contributed by atoms with Crippen molar-refractivity contribution in [1.29, 1.82) is 0 Å². The average molecular weight is 305 g/mol. The van der Waals surface area contributed by atoms with Gasteiger partial charge in [-0.05, 0) is 11.4 Å². The topological polar surface area (TPSA) is 47.8 Å². The van der Waals surface area contributed by atoms with Crippen LogP contribution in [0.25, 0.3) is 10.2 Å². The summed E-state index contributed by atoms with van der Waals surface area (Å²) in [5, 5.41) is 5.68. The minimum atomic E-state index is 0.00144. The minimum absolute atomic E-state index is 0.00144. The van der Waals surface area contributed by atoms with Crippen LogP contribution in [0.5, 0.6) is 0 Å². The molecule has 0 N–H and O–H groups in total. The average Bonchev–Trinajstić information content (AvgIpc) is 3.01. The second-order valence-electron chi connectivity index (χ2n) is 5.71. The summed E-state index contributed by atoms with van der Waals surface area (Å²) >= 11 is 3.13. The summed E-state index contributed by atoms with van der Waals surface area (Å²) in [4.78, 5) is 22.0. The minimum Gasteiger partial charge on any atom is -0.293 e. The SMILES string of the molecule is CC(C)(C)c1nc(Cn2cnc3sccc3c2=O)cs1. The van der Waals surface area contributed by atoms with Gasteiger partial charge < -0.3 is 0 Å². The van der Waals surface area contributed by atoms with E-state index in [0.29, 0.717) is 11.9 Å². The first-order chi connectivity index (χ1) is 9.45. The Morgan fingerprint density at radius 3 is 2.80 bits per heavy atom. The van der Waals surface area contributed by atoms with Crippen molar-refractivity contribution < 1.29 is 0 Å². The molecule has 0 fully saturated rings. The zero-order valence-electron chi connectivity index (χ0n) is 11.6. The predicted molar refractivity (Wildman–Crippen MR) is 83.8 cm³/mol. The van der Waals surface area contributed by atoms with Gasteiger partial charge in [0.1, 0.15) is 4.83 Å². The maximum atomic E-state index is 12.3. The lowest BCUT2D eigenvalue weighted by molar-refractivity contribution is 0.580. The third-order valence-corrected chi connectivity index (χ3v) is 5.11. The van der Waals surface area contributed by atoms with Crippen LogP contribution in [0.1, 0.15) is 31.5 Å². The molecule has 6 heteroatoms. The van der Waals surface area contributed by atoms with Gasteiger partial charge in [-0.2, -0.15) is 0 Å². The van der Waals surface area contributed by atoms with Crippen LogP contribution in [0, 0.1) is 0 Å². The van der Waals surface area contributed by atoms with Gasteiger partial charge in [0, 0.05) is 10.8 Å². The maximum absolute atomic E-state index is 12.3.